The molecule has 554 valence electrons. The molecule has 1 aliphatic carbocycles. The number of sulfonamides is 1. The van der Waals surface area contributed by atoms with Gasteiger partial charge in [-0.25, -0.2) is 26.5 Å². The van der Waals surface area contributed by atoms with E-state index in [-0.39, 0.29) is 78.6 Å². The van der Waals surface area contributed by atoms with E-state index in [1.165, 1.54) is 51.3 Å². The Balaban J connectivity index is 0.766. The summed E-state index contributed by atoms with van der Waals surface area (Å²) in [6.45, 7) is 25.1. The maximum atomic E-state index is 14.6. The van der Waals surface area contributed by atoms with E-state index in [0.29, 0.717) is 63.6 Å². The summed E-state index contributed by atoms with van der Waals surface area (Å²) in [5.74, 6) is -1.90. The number of anilines is 2. The Morgan fingerprint density at radius 2 is 1.52 bits per heavy atom. The van der Waals surface area contributed by atoms with Crippen LogP contribution in [0.4, 0.5) is 24.5 Å². The molecule has 3 aliphatic heterocycles. The van der Waals surface area contributed by atoms with E-state index < -0.39 is 76.9 Å². The summed E-state index contributed by atoms with van der Waals surface area (Å²) in [5.41, 5.74) is 2.95. The number of carbonyl (C=O) groups excluding carboxylic acids is 5. The number of aromatic nitrogens is 1. The molecule has 3 fully saturated rings. The van der Waals surface area contributed by atoms with Crippen molar-refractivity contribution in [3.63, 3.8) is 0 Å². The van der Waals surface area contributed by atoms with E-state index in [9.17, 15) is 59.1 Å². The number of benzene rings is 4. The number of carbonyl (C=O) groups is 5. The van der Waals surface area contributed by atoms with Gasteiger partial charge in [0.1, 0.15) is 10.9 Å². The van der Waals surface area contributed by atoms with Crippen molar-refractivity contribution >= 4 is 83.9 Å². The molecule has 0 radical (unpaired) electrons. The van der Waals surface area contributed by atoms with Crippen LogP contribution in [0.15, 0.2) is 141 Å². The molecule has 3 saturated heterocycles. The van der Waals surface area contributed by atoms with Crippen molar-refractivity contribution in [3.05, 3.63) is 143 Å². The van der Waals surface area contributed by atoms with E-state index >= 15 is 0 Å². The first-order valence-corrected chi connectivity index (χ1v) is 40.0. The Labute approximate surface area is 607 Å². The lowest BCUT2D eigenvalue weighted by Gasteiger charge is -2.39. The van der Waals surface area contributed by atoms with Gasteiger partial charge in [-0.15, -0.1) is 29.7 Å². The van der Waals surface area contributed by atoms with Crippen LogP contribution >= 0.6 is 23.1 Å². The predicted octanol–water partition coefficient (Wildman–Crippen LogP) is 11.6. The Kier molecular flexibility index (Phi) is 26.8. The SMILES string of the molecule is C=C(C)CCC1=C(CN2CCN(c3ccc(C(=O)NS(=O)(=O)c4ccc(N[C@H](CCN5CCN(C(=O)CCCCNC(=O)C[C@H](NC(=O)[C@@H]6C[C@@H](O)CN6C(=O)CC(C)(C)C)c6ccc(-c7scnc7C)cc6)CC5)CSc5ccccc5)c(S(=O)(=O)C(F)(F)F)c4)cc3)CC2)CCC(C)(C)C1. The van der Waals surface area contributed by atoms with Gasteiger partial charge in [0.05, 0.1) is 45.2 Å². The number of amides is 5. The highest BCUT2D eigenvalue weighted by Crippen LogP contribution is 2.42. The van der Waals surface area contributed by atoms with Crippen molar-refractivity contribution in [2.45, 2.75) is 170 Å². The normalized spacial score (nSPS) is 18.6. The number of halogens is 3. The molecule has 0 bridgehead atoms. The molecule has 4 aromatic carbocycles. The fraction of sp³-hybridized carbons (Fsp3) is 0.520. The number of aliphatic hydroxyl groups is 1. The van der Waals surface area contributed by atoms with Crippen LogP contribution in [0, 0.1) is 17.8 Å². The molecule has 0 spiro atoms. The molecule has 4 heterocycles. The Morgan fingerprint density at radius 3 is 2.17 bits per heavy atom. The summed E-state index contributed by atoms with van der Waals surface area (Å²) >= 11 is 2.90. The second-order valence-electron chi connectivity index (χ2n) is 29.5. The van der Waals surface area contributed by atoms with E-state index in [1.54, 1.807) is 28.1 Å². The maximum Gasteiger partial charge on any atom is 0.501 e. The number of rotatable bonds is 30. The number of aryl methyl sites for hydroxylation is 1. The van der Waals surface area contributed by atoms with Crippen molar-refractivity contribution < 1.29 is 59.1 Å². The van der Waals surface area contributed by atoms with Gasteiger partial charge < -0.3 is 35.8 Å². The average molecular weight is 1490 g/mol. The second kappa shape index (κ2) is 34.6. The van der Waals surface area contributed by atoms with Crippen molar-refractivity contribution in [2.75, 3.05) is 94.5 Å². The van der Waals surface area contributed by atoms with Gasteiger partial charge in [-0.2, -0.15) is 13.2 Å². The molecule has 27 heteroatoms. The topological polar surface area (TPSA) is 251 Å². The zero-order valence-electron chi connectivity index (χ0n) is 59.6. The van der Waals surface area contributed by atoms with Gasteiger partial charge >= 0.3 is 5.51 Å². The Bertz CT molecular complexity index is 4020. The zero-order chi connectivity index (χ0) is 73.7. The monoisotopic (exact) mass is 1480 g/mol. The number of nitrogens with zero attached hydrogens (tertiary/aromatic N) is 6. The van der Waals surface area contributed by atoms with Gasteiger partial charge in [0.2, 0.25) is 23.6 Å². The predicted molar refractivity (Wildman–Crippen MR) is 395 cm³/mol. The molecule has 5 amide bonds. The number of sulfone groups is 1. The van der Waals surface area contributed by atoms with E-state index in [1.807, 2.05) is 87.0 Å². The molecule has 4 aliphatic rings. The number of aliphatic hydroxyl groups excluding tert-OH is 1. The van der Waals surface area contributed by atoms with Crippen molar-refractivity contribution in [2.24, 2.45) is 10.8 Å². The molecule has 102 heavy (non-hydrogen) atoms. The second-order valence-corrected chi connectivity index (χ2v) is 35.0. The van der Waals surface area contributed by atoms with Crippen LogP contribution in [0.1, 0.15) is 146 Å². The third kappa shape index (κ3) is 22.0. The standard InChI is InChI=1S/C75H99F3N10O10S4/c1-51(2)17-18-56-45-74(7,8)31-29-57(56)47-85-36-38-86(39-37-85)59-25-23-55(24-26-59)71(93)83-102(97,98)62-27-28-63(66(43-62)101(95,96)75(76,77)78)81-58(49-99-61-14-10-9-11-15-61)30-33-84-34-40-87(41-35-84)68(91)16-12-13-32-79-67(90)44-64(53-19-21-54(22-20-53)70-52(3)80-50-100-70)82-72(94)65-42-60(89)48-88(65)69(92)46-73(4,5)6/h9-11,14-15,19-28,43,50,58,60,64-65,81,89H,1,12-13,16-18,29-42,44-49H2,2-8H3,(H,79,90)(H,82,94)(H,83,93)/t58-,60-,64+,65+/m1/s1. The highest BCUT2D eigenvalue weighted by Gasteiger charge is 2.49. The summed E-state index contributed by atoms with van der Waals surface area (Å²) in [4.78, 5) is 82.1. The highest BCUT2D eigenvalue weighted by atomic mass is 32.2. The first-order valence-electron chi connectivity index (χ1n) is 35.1. The minimum atomic E-state index is -6.18. The molecular formula is C75H99F3N10O10S4. The van der Waals surface area contributed by atoms with E-state index in [0.717, 1.165) is 104 Å². The van der Waals surface area contributed by atoms with Gasteiger partial charge in [0, 0.05) is 126 Å². The van der Waals surface area contributed by atoms with Crippen LogP contribution in [0.3, 0.4) is 0 Å². The molecule has 0 unspecified atom stereocenters. The number of thioether (sulfide) groups is 1. The summed E-state index contributed by atoms with van der Waals surface area (Å²) in [6, 6.07) is 23.2. The fourth-order valence-corrected chi connectivity index (χ4v) is 17.3. The maximum absolute atomic E-state index is 14.6. The Morgan fingerprint density at radius 1 is 0.833 bits per heavy atom. The molecule has 0 saturated carbocycles. The van der Waals surface area contributed by atoms with Crippen molar-refractivity contribution in [3.8, 4) is 10.4 Å². The largest absolute Gasteiger partial charge is 0.501 e. The number of alkyl halides is 3. The van der Waals surface area contributed by atoms with Crippen LogP contribution in [0.25, 0.3) is 10.4 Å². The number of β-amino-alcohol motifs (C(OH)–C–C–N with tert-alkyl or cyclic N) is 1. The lowest BCUT2D eigenvalue weighted by atomic mass is 9.73. The lowest BCUT2D eigenvalue weighted by molar-refractivity contribution is -0.140. The van der Waals surface area contributed by atoms with Crippen LogP contribution in [-0.2, 0) is 39.0 Å². The van der Waals surface area contributed by atoms with Crippen molar-refractivity contribution in [1.82, 2.24) is 39.9 Å². The van der Waals surface area contributed by atoms with E-state index in [2.05, 4.69) is 63.0 Å². The number of piperazine rings is 2. The summed E-state index contributed by atoms with van der Waals surface area (Å²) in [7, 11) is -11.1. The summed E-state index contributed by atoms with van der Waals surface area (Å²) in [6.07, 6.45) is 6.11. The smallest absolute Gasteiger partial charge is 0.391 e. The highest BCUT2D eigenvalue weighted by molar-refractivity contribution is 7.99. The number of allylic oxidation sites excluding steroid dienone is 2. The molecule has 1 aromatic heterocycles. The van der Waals surface area contributed by atoms with Crippen LogP contribution < -0.4 is 25.6 Å². The number of nitrogens with one attached hydrogen (secondary N) is 4. The fourth-order valence-electron chi connectivity index (χ4n) is 13.5. The minimum absolute atomic E-state index is 0.0305. The zero-order valence-corrected chi connectivity index (χ0v) is 62.8. The molecule has 9 rings (SSSR count). The summed E-state index contributed by atoms with van der Waals surface area (Å²) in [5, 5.41) is 19.6. The molecule has 4 atom stereocenters. The average Bonchev–Trinajstić information content (AvgIpc) is 0.962. The minimum Gasteiger partial charge on any atom is -0.391 e. The van der Waals surface area contributed by atoms with Gasteiger partial charge in [-0.3, -0.25) is 33.8 Å². The number of hydrogen-bond acceptors (Lipinski definition) is 17. The van der Waals surface area contributed by atoms with Gasteiger partial charge in [-0.1, -0.05) is 93.8 Å². The molecule has 20 nitrogen and oxygen atoms in total. The summed E-state index contributed by atoms with van der Waals surface area (Å²) < 4.78 is 100. The van der Waals surface area contributed by atoms with Gasteiger partial charge in [-0.05, 0) is 142 Å². The van der Waals surface area contributed by atoms with Crippen LogP contribution in [0.2, 0.25) is 0 Å². The van der Waals surface area contributed by atoms with E-state index in [4.69, 9.17) is 0 Å². The van der Waals surface area contributed by atoms with Crippen LogP contribution in [0.5, 0.6) is 0 Å². The van der Waals surface area contributed by atoms with Gasteiger partial charge in [0.15, 0.2) is 0 Å². The number of thiazole rings is 1. The first-order chi connectivity index (χ1) is 48.2. The van der Waals surface area contributed by atoms with Gasteiger partial charge in [0.25, 0.3) is 25.8 Å². The number of likely N-dealkylation sites (tertiary alicyclic amines) is 1. The molecule has 5 N–H and O–H groups in total. The quantitative estimate of drug-likeness (QED) is 0.0163. The first kappa shape index (κ1) is 79.0. The third-order valence-electron chi connectivity index (χ3n) is 19.3. The van der Waals surface area contributed by atoms with Crippen LogP contribution in [-0.4, -0.2) is 184 Å². The lowest BCUT2D eigenvalue weighted by Crippen LogP contribution is -2.49. The third-order valence-corrected chi connectivity index (χ3v) is 24.3. The van der Waals surface area contributed by atoms with Crippen molar-refractivity contribution in [1.29, 1.82) is 0 Å². The molecule has 5 aromatic rings. The molecular weight excluding hydrogens is 1390 g/mol. The Hall–Kier alpha value is -7.14. The number of unbranched alkanes of at least 4 members (excludes halogenated alkanes) is 1. The number of hydrogen-bond donors (Lipinski definition) is 5.